The van der Waals surface area contributed by atoms with E-state index >= 15 is 0 Å². The van der Waals surface area contributed by atoms with E-state index in [0.29, 0.717) is 6.04 Å². The fourth-order valence-electron chi connectivity index (χ4n) is 3.19. The number of nitrogens with zero attached hydrogens (tertiary/aromatic N) is 2. The fraction of sp³-hybridized carbons (Fsp3) is 0.389. The van der Waals surface area contributed by atoms with E-state index in [1.54, 1.807) is 11.3 Å². The van der Waals surface area contributed by atoms with Gasteiger partial charge in [-0.15, -0.1) is 22.9 Å². The second kappa shape index (κ2) is 7.89. The number of carbonyl (C=O) groups excluding carboxylic acids is 1. The van der Waals surface area contributed by atoms with Gasteiger partial charge in [-0.3, -0.25) is 4.79 Å². The van der Waals surface area contributed by atoms with Crippen molar-refractivity contribution in [2.75, 3.05) is 23.9 Å². The van der Waals surface area contributed by atoms with E-state index in [4.69, 9.17) is 11.6 Å². The largest absolute Gasteiger partial charge is 0.342 e. The number of carbonyl (C=O) groups is 1. The second-order valence-corrected chi connectivity index (χ2v) is 8.74. The Hall–Kier alpha value is -1.04. The molecular formula is C18H20BrClN2OS. The van der Waals surface area contributed by atoms with Gasteiger partial charge in [-0.05, 0) is 65.5 Å². The summed E-state index contributed by atoms with van der Waals surface area (Å²) in [6, 6.07) is 13.3. The van der Waals surface area contributed by atoms with Gasteiger partial charge < -0.3 is 9.80 Å². The summed E-state index contributed by atoms with van der Waals surface area (Å²) in [4.78, 5) is 16.1. The van der Waals surface area contributed by atoms with Gasteiger partial charge in [0.2, 0.25) is 5.91 Å². The molecule has 1 amide bonds. The van der Waals surface area contributed by atoms with Crippen molar-refractivity contribution in [1.82, 2.24) is 4.90 Å². The van der Waals surface area contributed by atoms with Crippen LogP contribution in [-0.2, 0) is 4.79 Å². The number of halogens is 2. The molecule has 24 heavy (non-hydrogen) atoms. The van der Waals surface area contributed by atoms with E-state index in [2.05, 4.69) is 64.2 Å². The summed E-state index contributed by atoms with van der Waals surface area (Å²) >= 11 is 11.0. The van der Waals surface area contributed by atoms with Crippen molar-refractivity contribution in [2.24, 2.45) is 0 Å². The average molecular weight is 428 g/mol. The van der Waals surface area contributed by atoms with Crippen LogP contribution in [0.25, 0.3) is 0 Å². The first-order valence-electron chi connectivity index (χ1n) is 8.03. The van der Waals surface area contributed by atoms with Crippen molar-refractivity contribution in [2.45, 2.75) is 25.8 Å². The average Bonchev–Trinajstić information content (AvgIpc) is 3.01. The molecule has 1 aliphatic heterocycles. The van der Waals surface area contributed by atoms with Gasteiger partial charge in [0.25, 0.3) is 0 Å². The van der Waals surface area contributed by atoms with Crippen LogP contribution >= 0.6 is 38.9 Å². The highest BCUT2D eigenvalue weighted by atomic mass is 79.9. The standard InChI is InChI=1S/C18H20BrClN2OS/c1-13-3-2-4-15(11-13)22(18-6-5-16(19)24-18)14-7-9-21(10-8-14)17(23)12-20/h2-6,11,14H,7-10,12H2,1H3. The lowest BCUT2D eigenvalue weighted by Crippen LogP contribution is -2.45. The van der Waals surface area contributed by atoms with Crippen molar-refractivity contribution in [3.8, 4) is 0 Å². The number of likely N-dealkylation sites (tertiary alicyclic amines) is 1. The van der Waals surface area contributed by atoms with Crippen LogP contribution in [0.4, 0.5) is 10.7 Å². The predicted molar refractivity (Wildman–Crippen MR) is 106 cm³/mol. The lowest BCUT2D eigenvalue weighted by molar-refractivity contribution is -0.129. The minimum absolute atomic E-state index is 0.0380. The van der Waals surface area contributed by atoms with Gasteiger partial charge in [-0.2, -0.15) is 0 Å². The molecule has 1 aromatic heterocycles. The monoisotopic (exact) mass is 426 g/mol. The Morgan fingerprint density at radius 1 is 1.33 bits per heavy atom. The van der Waals surface area contributed by atoms with E-state index in [0.717, 1.165) is 29.7 Å². The van der Waals surface area contributed by atoms with Gasteiger partial charge in [0.1, 0.15) is 5.88 Å². The molecule has 1 saturated heterocycles. The number of thiophene rings is 1. The van der Waals surface area contributed by atoms with Crippen LogP contribution < -0.4 is 4.90 Å². The molecule has 128 valence electrons. The van der Waals surface area contributed by atoms with Crippen LogP contribution in [0.5, 0.6) is 0 Å². The number of anilines is 2. The number of piperidine rings is 1. The number of rotatable bonds is 4. The van der Waals surface area contributed by atoms with Gasteiger partial charge in [-0.25, -0.2) is 0 Å². The number of aryl methyl sites for hydroxylation is 1. The molecule has 1 fully saturated rings. The molecule has 0 spiro atoms. The molecule has 0 aliphatic carbocycles. The fourth-order valence-corrected chi connectivity index (χ4v) is 4.81. The maximum Gasteiger partial charge on any atom is 0.237 e. The van der Waals surface area contributed by atoms with E-state index < -0.39 is 0 Å². The number of hydrogen-bond donors (Lipinski definition) is 0. The predicted octanol–water partition coefficient (Wildman–Crippen LogP) is 5.19. The summed E-state index contributed by atoms with van der Waals surface area (Å²) in [6.45, 7) is 3.66. The Bertz CT molecular complexity index is 713. The Kier molecular flexibility index (Phi) is 5.85. The lowest BCUT2D eigenvalue weighted by Gasteiger charge is -2.39. The van der Waals surface area contributed by atoms with Gasteiger partial charge in [-0.1, -0.05) is 12.1 Å². The van der Waals surface area contributed by atoms with Crippen LogP contribution in [0.1, 0.15) is 18.4 Å². The van der Waals surface area contributed by atoms with Crippen LogP contribution in [0.2, 0.25) is 0 Å². The summed E-state index contributed by atoms with van der Waals surface area (Å²) in [5, 5.41) is 1.23. The van der Waals surface area contributed by atoms with Crippen LogP contribution in [0.15, 0.2) is 40.2 Å². The molecule has 3 nitrogen and oxygen atoms in total. The van der Waals surface area contributed by atoms with Crippen molar-refractivity contribution in [3.05, 3.63) is 45.7 Å². The van der Waals surface area contributed by atoms with Crippen LogP contribution in [0, 0.1) is 6.92 Å². The van der Waals surface area contributed by atoms with Crippen molar-refractivity contribution < 1.29 is 4.79 Å². The van der Waals surface area contributed by atoms with E-state index in [1.165, 1.54) is 16.3 Å². The summed E-state index contributed by atoms with van der Waals surface area (Å²) in [5.74, 6) is 0.112. The summed E-state index contributed by atoms with van der Waals surface area (Å²) in [5.41, 5.74) is 2.47. The van der Waals surface area contributed by atoms with Crippen molar-refractivity contribution in [1.29, 1.82) is 0 Å². The maximum atomic E-state index is 11.8. The van der Waals surface area contributed by atoms with Gasteiger partial charge in [0.15, 0.2) is 0 Å². The number of benzene rings is 1. The maximum absolute atomic E-state index is 11.8. The quantitative estimate of drug-likeness (QED) is 0.627. The third kappa shape index (κ3) is 3.95. The molecular weight excluding hydrogens is 408 g/mol. The van der Waals surface area contributed by atoms with Crippen LogP contribution in [0.3, 0.4) is 0 Å². The van der Waals surface area contributed by atoms with Gasteiger partial charge in [0.05, 0.1) is 8.79 Å². The zero-order chi connectivity index (χ0) is 17.1. The first kappa shape index (κ1) is 17.8. The summed E-state index contributed by atoms with van der Waals surface area (Å²) in [6.07, 6.45) is 1.90. The first-order valence-corrected chi connectivity index (χ1v) is 10.2. The third-order valence-electron chi connectivity index (χ3n) is 4.37. The molecule has 0 N–H and O–H groups in total. The Morgan fingerprint density at radius 2 is 2.08 bits per heavy atom. The molecule has 2 heterocycles. The lowest BCUT2D eigenvalue weighted by atomic mass is 10.0. The molecule has 6 heteroatoms. The second-order valence-electron chi connectivity index (χ2n) is 6.03. The molecule has 0 radical (unpaired) electrons. The highest BCUT2D eigenvalue weighted by Crippen LogP contribution is 2.38. The van der Waals surface area contributed by atoms with E-state index in [9.17, 15) is 4.79 Å². The zero-order valence-electron chi connectivity index (χ0n) is 13.5. The first-order chi connectivity index (χ1) is 11.6. The highest BCUT2D eigenvalue weighted by molar-refractivity contribution is 9.11. The number of alkyl halides is 1. The molecule has 0 bridgehead atoms. The Labute approximate surface area is 160 Å². The topological polar surface area (TPSA) is 23.6 Å². The Balaban J connectivity index is 1.85. The van der Waals surface area contributed by atoms with Gasteiger partial charge in [0, 0.05) is 24.8 Å². The van der Waals surface area contributed by atoms with Gasteiger partial charge >= 0.3 is 0 Å². The van der Waals surface area contributed by atoms with E-state index in [1.807, 2.05) is 4.90 Å². The molecule has 2 aromatic rings. The molecule has 0 atom stereocenters. The molecule has 1 aliphatic rings. The molecule has 1 aromatic carbocycles. The Morgan fingerprint density at radius 3 is 2.67 bits per heavy atom. The SMILES string of the molecule is Cc1cccc(N(c2ccc(Br)s2)C2CCN(C(=O)CCl)CC2)c1. The van der Waals surface area contributed by atoms with E-state index in [-0.39, 0.29) is 11.8 Å². The van der Waals surface area contributed by atoms with Crippen molar-refractivity contribution >= 4 is 55.5 Å². The molecule has 3 rings (SSSR count). The highest BCUT2D eigenvalue weighted by Gasteiger charge is 2.28. The summed E-state index contributed by atoms with van der Waals surface area (Å²) in [7, 11) is 0. The number of amides is 1. The zero-order valence-corrected chi connectivity index (χ0v) is 16.7. The normalized spacial score (nSPS) is 15.5. The smallest absolute Gasteiger partial charge is 0.237 e. The number of hydrogen-bond acceptors (Lipinski definition) is 3. The molecule has 0 saturated carbocycles. The third-order valence-corrected chi connectivity index (χ3v) is 6.22. The minimum Gasteiger partial charge on any atom is -0.342 e. The molecule has 0 unspecified atom stereocenters. The van der Waals surface area contributed by atoms with Crippen LogP contribution in [-0.4, -0.2) is 35.8 Å². The van der Waals surface area contributed by atoms with Crippen molar-refractivity contribution in [3.63, 3.8) is 0 Å². The summed E-state index contributed by atoms with van der Waals surface area (Å²) < 4.78 is 1.13. The minimum atomic E-state index is 0.0380.